The van der Waals surface area contributed by atoms with Crippen molar-refractivity contribution in [1.82, 2.24) is 0 Å². The highest BCUT2D eigenvalue weighted by atomic mass is 35.5. The lowest BCUT2D eigenvalue weighted by molar-refractivity contribution is -0.0767. The van der Waals surface area contributed by atoms with Gasteiger partial charge < -0.3 is 14.2 Å². The lowest BCUT2D eigenvalue weighted by Crippen LogP contribution is -2.19. The first-order valence-corrected chi connectivity index (χ1v) is 5.09. The van der Waals surface area contributed by atoms with Gasteiger partial charge in [0.05, 0.1) is 11.1 Å². The van der Waals surface area contributed by atoms with E-state index in [1.54, 1.807) is 13.2 Å². The monoisotopic (exact) mass is 230 g/mol. The number of hydrogen-bond acceptors (Lipinski definition) is 3. The molecule has 0 fully saturated rings. The second kappa shape index (κ2) is 6.67. The molecule has 0 radical (unpaired) electrons. The molecular formula is C11H15ClO3. The van der Waals surface area contributed by atoms with Gasteiger partial charge in [0.1, 0.15) is 19.1 Å². The lowest BCUT2D eigenvalue weighted by Gasteiger charge is -2.14. The van der Waals surface area contributed by atoms with Gasteiger partial charge in [0.15, 0.2) is 0 Å². The second-order valence-electron chi connectivity index (χ2n) is 3.13. The van der Waals surface area contributed by atoms with Crippen molar-refractivity contribution in [1.29, 1.82) is 0 Å². The third-order valence-electron chi connectivity index (χ3n) is 1.78. The zero-order valence-corrected chi connectivity index (χ0v) is 9.66. The molecule has 0 aromatic heterocycles. The Balaban J connectivity index is 2.33. The second-order valence-corrected chi connectivity index (χ2v) is 3.53. The molecule has 0 amide bonds. The Labute approximate surface area is 94.9 Å². The molecule has 1 unspecified atom stereocenters. The van der Waals surface area contributed by atoms with Gasteiger partial charge in [0.25, 0.3) is 0 Å². The van der Waals surface area contributed by atoms with Gasteiger partial charge in [-0.2, -0.15) is 0 Å². The SMILES string of the molecule is COCOC(C)COc1ccccc1Cl. The van der Waals surface area contributed by atoms with E-state index in [0.29, 0.717) is 17.4 Å². The summed E-state index contributed by atoms with van der Waals surface area (Å²) in [5.74, 6) is 0.673. The van der Waals surface area contributed by atoms with Crippen LogP contribution in [0.3, 0.4) is 0 Å². The first-order chi connectivity index (χ1) is 7.24. The van der Waals surface area contributed by atoms with Crippen molar-refractivity contribution < 1.29 is 14.2 Å². The molecule has 0 spiro atoms. The van der Waals surface area contributed by atoms with Crippen LogP contribution < -0.4 is 4.74 Å². The molecule has 84 valence electrons. The fraction of sp³-hybridized carbons (Fsp3) is 0.455. The maximum Gasteiger partial charge on any atom is 0.146 e. The molecule has 1 rings (SSSR count). The zero-order chi connectivity index (χ0) is 11.1. The summed E-state index contributed by atoms with van der Waals surface area (Å²) in [6.45, 7) is 2.63. The molecule has 0 saturated heterocycles. The highest BCUT2D eigenvalue weighted by Gasteiger charge is 2.05. The van der Waals surface area contributed by atoms with Crippen molar-refractivity contribution in [2.45, 2.75) is 13.0 Å². The maximum absolute atomic E-state index is 5.92. The molecule has 0 bridgehead atoms. The normalized spacial score (nSPS) is 12.5. The molecule has 1 aromatic rings. The smallest absolute Gasteiger partial charge is 0.146 e. The number of benzene rings is 1. The van der Waals surface area contributed by atoms with Gasteiger partial charge in [-0.15, -0.1) is 0 Å². The summed E-state index contributed by atoms with van der Waals surface area (Å²) >= 11 is 5.92. The molecule has 0 aliphatic heterocycles. The summed E-state index contributed by atoms with van der Waals surface area (Å²) in [6.07, 6.45) is -0.0266. The van der Waals surface area contributed by atoms with Crippen molar-refractivity contribution in [3.05, 3.63) is 29.3 Å². The van der Waals surface area contributed by atoms with Gasteiger partial charge in [0.2, 0.25) is 0 Å². The summed E-state index contributed by atoms with van der Waals surface area (Å²) in [7, 11) is 1.58. The predicted molar refractivity (Wildman–Crippen MR) is 59.4 cm³/mol. The van der Waals surface area contributed by atoms with E-state index in [1.165, 1.54) is 0 Å². The van der Waals surface area contributed by atoms with Crippen LogP contribution in [-0.2, 0) is 9.47 Å². The molecule has 4 heteroatoms. The molecular weight excluding hydrogens is 216 g/mol. The minimum absolute atomic E-state index is 0.0266. The molecule has 0 heterocycles. The van der Waals surface area contributed by atoms with Gasteiger partial charge in [-0.1, -0.05) is 23.7 Å². The van der Waals surface area contributed by atoms with Crippen molar-refractivity contribution in [2.75, 3.05) is 20.5 Å². The number of halogens is 1. The summed E-state index contributed by atoms with van der Waals surface area (Å²) in [4.78, 5) is 0. The Morgan fingerprint density at radius 1 is 1.33 bits per heavy atom. The highest BCUT2D eigenvalue weighted by molar-refractivity contribution is 6.32. The van der Waals surface area contributed by atoms with Gasteiger partial charge in [-0.25, -0.2) is 0 Å². The number of methoxy groups -OCH3 is 1. The van der Waals surface area contributed by atoms with Crippen LogP contribution in [0.25, 0.3) is 0 Å². The number of ether oxygens (including phenoxy) is 3. The molecule has 3 nitrogen and oxygen atoms in total. The first-order valence-electron chi connectivity index (χ1n) is 4.72. The summed E-state index contributed by atoms with van der Waals surface area (Å²) < 4.78 is 15.5. The largest absolute Gasteiger partial charge is 0.489 e. The van der Waals surface area contributed by atoms with Crippen LogP contribution in [0.1, 0.15) is 6.92 Å². The Kier molecular flexibility index (Phi) is 5.47. The Morgan fingerprint density at radius 3 is 2.73 bits per heavy atom. The Morgan fingerprint density at radius 2 is 2.07 bits per heavy atom. The minimum atomic E-state index is -0.0266. The molecule has 0 aliphatic rings. The van der Waals surface area contributed by atoms with E-state index < -0.39 is 0 Å². The van der Waals surface area contributed by atoms with E-state index in [2.05, 4.69) is 0 Å². The molecule has 15 heavy (non-hydrogen) atoms. The number of hydrogen-bond donors (Lipinski definition) is 0. The van der Waals surface area contributed by atoms with Gasteiger partial charge in [-0.3, -0.25) is 0 Å². The molecule has 1 aromatic carbocycles. The average molecular weight is 231 g/mol. The molecule has 1 atom stereocenters. The van der Waals surface area contributed by atoms with Crippen molar-refractivity contribution in [3.63, 3.8) is 0 Å². The van der Waals surface area contributed by atoms with Crippen LogP contribution in [0.4, 0.5) is 0 Å². The van der Waals surface area contributed by atoms with E-state index in [1.807, 2.05) is 25.1 Å². The number of rotatable bonds is 6. The van der Waals surface area contributed by atoms with Crippen molar-refractivity contribution in [2.24, 2.45) is 0 Å². The third-order valence-corrected chi connectivity index (χ3v) is 2.09. The Hall–Kier alpha value is -0.770. The van der Waals surface area contributed by atoms with Gasteiger partial charge in [-0.05, 0) is 19.1 Å². The standard InChI is InChI=1S/C11H15ClO3/c1-9(15-8-13-2)7-14-11-6-4-3-5-10(11)12/h3-6,9H,7-8H2,1-2H3. The van der Waals surface area contributed by atoms with Crippen molar-refractivity contribution in [3.8, 4) is 5.75 Å². The van der Waals surface area contributed by atoms with Crippen LogP contribution in [0.2, 0.25) is 5.02 Å². The third kappa shape index (κ3) is 4.51. The number of para-hydroxylation sites is 1. The predicted octanol–water partition coefficient (Wildman–Crippen LogP) is 2.73. The summed E-state index contributed by atoms with van der Waals surface area (Å²) in [5, 5.41) is 0.608. The summed E-state index contributed by atoms with van der Waals surface area (Å²) in [5.41, 5.74) is 0. The zero-order valence-electron chi connectivity index (χ0n) is 8.90. The minimum Gasteiger partial charge on any atom is -0.489 e. The fourth-order valence-corrected chi connectivity index (χ4v) is 1.19. The quantitative estimate of drug-likeness (QED) is 0.704. The molecule has 0 saturated carbocycles. The van der Waals surface area contributed by atoms with E-state index in [4.69, 9.17) is 25.8 Å². The van der Waals surface area contributed by atoms with Crippen LogP contribution in [-0.4, -0.2) is 26.6 Å². The van der Waals surface area contributed by atoms with E-state index in [-0.39, 0.29) is 12.9 Å². The topological polar surface area (TPSA) is 27.7 Å². The maximum atomic E-state index is 5.92. The Bertz CT molecular complexity index is 291. The van der Waals surface area contributed by atoms with Gasteiger partial charge in [0, 0.05) is 7.11 Å². The van der Waals surface area contributed by atoms with Crippen molar-refractivity contribution >= 4 is 11.6 Å². The molecule has 0 N–H and O–H groups in total. The van der Waals surface area contributed by atoms with Crippen LogP contribution in [0.5, 0.6) is 5.75 Å². The summed E-state index contributed by atoms with van der Waals surface area (Å²) in [6, 6.07) is 7.35. The first kappa shape index (κ1) is 12.3. The average Bonchev–Trinajstić information content (AvgIpc) is 2.25. The van der Waals surface area contributed by atoms with Crippen LogP contribution in [0, 0.1) is 0 Å². The van der Waals surface area contributed by atoms with Crippen LogP contribution in [0.15, 0.2) is 24.3 Å². The lowest BCUT2D eigenvalue weighted by atomic mass is 10.3. The van der Waals surface area contributed by atoms with Gasteiger partial charge >= 0.3 is 0 Å². The van der Waals surface area contributed by atoms with Crippen LogP contribution >= 0.6 is 11.6 Å². The highest BCUT2D eigenvalue weighted by Crippen LogP contribution is 2.23. The van der Waals surface area contributed by atoms with E-state index in [9.17, 15) is 0 Å². The fourth-order valence-electron chi connectivity index (χ4n) is 1.00. The van der Waals surface area contributed by atoms with E-state index in [0.717, 1.165) is 0 Å². The molecule has 0 aliphatic carbocycles. The van der Waals surface area contributed by atoms with E-state index >= 15 is 0 Å².